The first-order valence-electron chi connectivity index (χ1n) is 8.74. The molecule has 0 amide bonds. The van der Waals surface area contributed by atoms with Gasteiger partial charge in [-0.2, -0.15) is 0 Å². The summed E-state index contributed by atoms with van der Waals surface area (Å²) in [5, 5.41) is 3.77. The minimum Gasteiger partial charge on any atom is -0.311 e. The lowest BCUT2D eigenvalue weighted by molar-refractivity contribution is 0.0646. The van der Waals surface area contributed by atoms with Gasteiger partial charge in [-0.15, -0.1) is 0 Å². The molecule has 20 heavy (non-hydrogen) atoms. The molecule has 2 nitrogen and oxygen atoms in total. The largest absolute Gasteiger partial charge is 0.311 e. The molecule has 1 aliphatic carbocycles. The van der Waals surface area contributed by atoms with Gasteiger partial charge in [0.25, 0.3) is 0 Å². The topological polar surface area (TPSA) is 15.3 Å². The molecule has 0 spiro atoms. The number of alkyl halides is 1. The van der Waals surface area contributed by atoms with Gasteiger partial charge in [0, 0.05) is 31.7 Å². The lowest BCUT2D eigenvalue weighted by Crippen LogP contribution is -2.59. The minimum absolute atomic E-state index is 0.170. The van der Waals surface area contributed by atoms with E-state index in [1.807, 2.05) is 0 Å². The van der Waals surface area contributed by atoms with Crippen LogP contribution in [0.15, 0.2) is 0 Å². The predicted molar refractivity (Wildman–Crippen MR) is 83.8 cm³/mol. The molecule has 3 heteroatoms. The summed E-state index contributed by atoms with van der Waals surface area (Å²) in [5.41, 5.74) is 0. The van der Waals surface area contributed by atoms with Crippen molar-refractivity contribution in [2.75, 3.05) is 26.3 Å². The second-order valence-electron chi connectivity index (χ2n) is 7.24. The highest BCUT2D eigenvalue weighted by molar-refractivity contribution is 4.91. The van der Waals surface area contributed by atoms with E-state index in [0.717, 1.165) is 31.5 Å². The Hall–Kier alpha value is -0.150. The summed E-state index contributed by atoms with van der Waals surface area (Å²) >= 11 is 0. The molecule has 118 valence electrons. The molecule has 1 N–H and O–H groups in total. The van der Waals surface area contributed by atoms with Crippen molar-refractivity contribution in [2.24, 2.45) is 11.8 Å². The van der Waals surface area contributed by atoms with Crippen molar-refractivity contribution in [3.05, 3.63) is 0 Å². The van der Waals surface area contributed by atoms with E-state index >= 15 is 0 Å². The van der Waals surface area contributed by atoms with Crippen LogP contribution in [0.1, 0.15) is 58.8 Å². The Bertz CT molecular complexity index is 264. The quantitative estimate of drug-likeness (QED) is 0.801. The van der Waals surface area contributed by atoms with Crippen LogP contribution >= 0.6 is 0 Å². The summed E-state index contributed by atoms with van der Waals surface area (Å²) in [6.45, 7) is 7.61. The molecular weight excluding hydrogens is 251 g/mol. The maximum Gasteiger partial charge on any atom is 0.0906 e. The molecule has 0 radical (unpaired) electrons. The molecule has 1 saturated heterocycles. The normalized spacial score (nSPS) is 30.0. The van der Waals surface area contributed by atoms with Crippen LogP contribution in [0.2, 0.25) is 0 Å². The zero-order valence-electron chi connectivity index (χ0n) is 13.4. The van der Waals surface area contributed by atoms with E-state index < -0.39 is 0 Å². The molecule has 2 aliphatic rings. The summed E-state index contributed by atoms with van der Waals surface area (Å²) in [6.07, 6.45) is 8.92. The summed E-state index contributed by atoms with van der Waals surface area (Å²) in [4.78, 5) is 2.61. The van der Waals surface area contributed by atoms with Gasteiger partial charge in [-0.05, 0) is 37.5 Å². The molecule has 2 atom stereocenters. The van der Waals surface area contributed by atoms with Gasteiger partial charge in [-0.25, -0.2) is 0 Å². The highest BCUT2D eigenvalue weighted by atomic mass is 19.1. The fourth-order valence-electron chi connectivity index (χ4n) is 4.13. The lowest BCUT2D eigenvalue weighted by atomic mass is 9.81. The van der Waals surface area contributed by atoms with Crippen molar-refractivity contribution in [1.82, 2.24) is 10.2 Å². The van der Waals surface area contributed by atoms with E-state index in [2.05, 4.69) is 24.1 Å². The van der Waals surface area contributed by atoms with E-state index in [1.165, 1.54) is 38.5 Å². The summed E-state index contributed by atoms with van der Waals surface area (Å²) in [7, 11) is 0. The number of piperazine rings is 1. The molecule has 2 unspecified atom stereocenters. The monoisotopic (exact) mass is 284 g/mol. The Morgan fingerprint density at radius 2 is 1.95 bits per heavy atom. The molecule has 0 bridgehead atoms. The van der Waals surface area contributed by atoms with Crippen LogP contribution in [0, 0.1) is 11.8 Å². The SMILES string of the molecule is CC(C)CC1CN(CCCF)C(C2CCCCC2)CN1. The third kappa shape index (κ3) is 4.70. The number of nitrogens with one attached hydrogen (secondary N) is 1. The highest BCUT2D eigenvalue weighted by Gasteiger charge is 2.33. The summed E-state index contributed by atoms with van der Waals surface area (Å²) in [5.74, 6) is 1.58. The van der Waals surface area contributed by atoms with Crippen LogP contribution in [-0.2, 0) is 0 Å². The van der Waals surface area contributed by atoms with Crippen molar-refractivity contribution in [1.29, 1.82) is 0 Å². The van der Waals surface area contributed by atoms with Gasteiger partial charge >= 0.3 is 0 Å². The van der Waals surface area contributed by atoms with Gasteiger partial charge in [-0.1, -0.05) is 33.1 Å². The molecular formula is C17H33FN2. The van der Waals surface area contributed by atoms with Crippen LogP contribution in [0.4, 0.5) is 4.39 Å². The zero-order chi connectivity index (χ0) is 14.4. The van der Waals surface area contributed by atoms with E-state index in [-0.39, 0.29) is 6.67 Å². The molecule has 0 aromatic heterocycles. The van der Waals surface area contributed by atoms with Crippen LogP contribution in [0.25, 0.3) is 0 Å². The van der Waals surface area contributed by atoms with Crippen LogP contribution in [0.3, 0.4) is 0 Å². The maximum absolute atomic E-state index is 12.6. The van der Waals surface area contributed by atoms with Crippen LogP contribution in [0.5, 0.6) is 0 Å². The number of nitrogens with zero attached hydrogens (tertiary/aromatic N) is 1. The Morgan fingerprint density at radius 1 is 1.20 bits per heavy atom. The van der Waals surface area contributed by atoms with Crippen molar-refractivity contribution < 1.29 is 4.39 Å². The second kappa shape index (κ2) is 8.33. The predicted octanol–water partition coefficient (Wildman–Crippen LogP) is 3.61. The van der Waals surface area contributed by atoms with Gasteiger partial charge in [0.2, 0.25) is 0 Å². The van der Waals surface area contributed by atoms with E-state index in [1.54, 1.807) is 0 Å². The van der Waals surface area contributed by atoms with Crippen LogP contribution in [-0.4, -0.2) is 43.3 Å². The fraction of sp³-hybridized carbons (Fsp3) is 1.00. The molecule has 2 rings (SSSR count). The number of halogens is 1. The van der Waals surface area contributed by atoms with Gasteiger partial charge in [0.1, 0.15) is 0 Å². The van der Waals surface area contributed by atoms with Crippen molar-refractivity contribution in [3.63, 3.8) is 0 Å². The molecule has 1 heterocycles. The Kier molecular flexibility index (Phi) is 6.76. The highest BCUT2D eigenvalue weighted by Crippen LogP contribution is 2.30. The average Bonchev–Trinajstić information content (AvgIpc) is 2.45. The second-order valence-corrected chi connectivity index (χ2v) is 7.24. The van der Waals surface area contributed by atoms with Gasteiger partial charge in [0.05, 0.1) is 6.67 Å². The lowest BCUT2D eigenvalue weighted by Gasteiger charge is -2.45. The standard InChI is InChI=1S/C17H33FN2/c1-14(2)11-16-13-20(10-6-9-18)17(12-19-16)15-7-4-3-5-8-15/h14-17,19H,3-13H2,1-2H3. The molecule has 2 fully saturated rings. The van der Waals surface area contributed by atoms with Gasteiger partial charge in [-0.3, -0.25) is 9.29 Å². The van der Waals surface area contributed by atoms with E-state index in [9.17, 15) is 4.39 Å². The maximum atomic E-state index is 12.6. The Labute approximate surface area is 124 Å². The minimum atomic E-state index is -0.170. The fourth-order valence-corrected chi connectivity index (χ4v) is 4.13. The van der Waals surface area contributed by atoms with Crippen molar-refractivity contribution in [2.45, 2.75) is 70.9 Å². The average molecular weight is 284 g/mol. The Balaban J connectivity index is 1.91. The van der Waals surface area contributed by atoms with Crippen LogP contribution < -0.4 is 5.32 Å². The molecule has 1 aliphatic heterocycles. The number of hydrogen-bond donors (Lipinski definition) is 1. The number of rotatable bonds is 6. The van der Waals surface area contributed by atoms with Gasteiger partial charge < -0.3 is 5.32 Å². The number of hydrogen-bond acceptors (Lipinski definition) is 2. The van der Waals surface area contributed by atoms with Crippen molar-refractivity contribution >= 4 is 0 Å². The molecule has 1 saturated carbocycles. The first-order chi connectivity index (χ1) is 9.70. The van der Waals surface area contributed by atoms with E-state index in [0.29, 0.717) is 18.5 Å². The third-order valence-electron chi connectivity index (χ3n) is 5.07. The first kappa shape index (κ1) is 16.2. The summed E-state index contributed by atoms with van der Waals surface area (Å²) < 4.78 is 12.6. The van der Waals surface area contributed by atoms with Crippen molar-refractivity contribution in [3.8, 4) is 0 Å². The molecule has 0 aromatic carbocycles. The Morgan fingerprint density at radius 3 is 2.60 bits per heavy atom. The van der Waals surface area contributed by atoms with Gasteiger partial charge in [0.15, 0.2) is 0 Å². The summed E-state index contributed by atoms with van der Waals surface area (Å²) in [6, 6.07) is 1.26. The van der Waals surface area contributed by atoms with E-state index in [4.69, 9.17) is 0 Å². The zero-order valence-corrected chi connectivity index (χ0v) is 13.4. The smallest absolute Gasteiger partial charge is 0.0906 e. The molecule has 0 aromatic rings. The first-order valence-corrected chi connectivity index (χ1v) is 8.74. The third-order valence-corrected chi connectivity index (χ3v) is 5.07.